The zero-order chi connectivity index (χ0) is 16.1. The van der Waals surface area contributed by atoms with E-state index in [0.29, 0.717) is 13.0 Å². The van der Waals surface area contributed by atoms with Crippen molar-refractivity contribution in [2.75, 3.05) is 6.54 Å². The van der Waals surface area contributed by atoms with E-state index in [1.54, 1.807) is 4.90 Å². The summed E-state index contributed by atoms with van der Waals surface area (Å²) in [7, 11) is 0. The molecule has 6 heteroatoms. The van der Waals surface area contributed by atoms with Gasteiger partial charge in [0, 0.05) is 24.6 Å². The Morgan fingerprint density at radius 1 is 1.27 bits per heavy atom. The molecule has 0 bridgehead atoms. The number of hydrogen-bond donors (Lipinski definition) is 1. The average molecular weight is 311 g/mol. The lowest BCUT2D eigenvalue weighted by Gasteiger charge is -2.35. The molecule has 1 fully saturated rings. The molecule has 1 aliphatic heterocycles. The predicted octanol–water partition coefficient (Wildman–Crippen LogP) is 2.75. The van der Waals surface area contributed by atoms with Gasteiger partial charge < -0.3 is 10.0 Å². The minimum Gasteiger partial charge on any atom is -0.481 e. The molecule has 1 aromatic carbocycles. The van der Waals surface area contributed by atoms with Gasteiger partial charge in [0.25, 0.3) is 0 Å². The Labute approximate surface area is 127 Å². The number of rotatable bonds is 5. The fraction of sp³-hybridized carbons (Fsp3) is 0.500. The molecule has 0 radical (unpaired) electrons. The van der Waals surface area contributed by atoms with Crippen molar-refractivity contribution in [3.63, 3.8) is 0 Å². The van der Waals surface area contributed by atoms with E-state index in [1.165, 1.54) is 12.1 Å². The van der Waals surface area contributed by atoms with Crippen molar-refractivity contribution in [2.24, 2.45) is 0 Å². The van der Waals surface area contributed by atoms with Crippen LogP contribution in [0.2, 0.25) is 0 Å². The highest BCUT2D eigenvalue weighted by atomic mass is 19.2. The van der Waals surface area contributed by atoms with Gasteiger partial charge >= 0.3 is 5.97 Å². The summed E-state index contributed by atoms with van der Waals surface area (Å²) < 4.78 is 26.8. The van der Waals surface area contributed by atoms with Crippen molar-refractivity contribution in [1.29, 1.82) is 0 Å². The van der Waals surface area contributed by atoms with E-state index in [1.807, 2.05) is 0 Å². The molecule has 120 valence electrons. The average Bonchev–Trinajstić information content (AvgIpc) is 2.50. The Bertz CT molecular complexity index is 562. The van der Waals surface area contributed by atoms with Gasteiger partial charge in [0.15, 0.2) is 11.6 Å². The van der Waals surface area contributed by atoms with Gasteiger partial charge in [0.1, 0.15) is 0 Å². The maximum Gasteiger partial charge on any atom is 0.303 e. The van der Waals surface area contributed by atoms with Crippen molar-refractivity contribution in [3.8, 4) is 0 Å². The van der Waals surface area contributed by atoms with Crippen molar-refractivity contribution in [2.45, 2.75) is 44.6 Å². The Kier molecular flexibility index (Phi) is 5.46. The molecule has 2 rings (SSSR count). The third-order valence-corrected chi connectivity index (χ3v) is 4.01. The molecule has 0 saturated carbocycles. The van der Waals surface area contributed by atoms with Crippen LogP contribution in [-0.4, -0.2) is 34.5 Å². The van der Waals surface area contributed by atoms with Crippen molar-refractivity contribution in [1.82, 2.24) is 4.90 Å². The number of carboxylic acids is 1. The summed E-state index contributed by atoms with van der Waals surface area (Å²) in [6.45, 7) is 0.542. The lowest BCUT2D eigenvalue weighted by Crippen LogP contribution is -2.44. The number of carbonyl (C=O) groups is 2. The standard InChI is InChI=1S/C16H19F2NO3/c17-13-6-3-4-11(16(13)18)10-14(20)19-9-2-1-5-12(19)7-8-15(21)22/h3-4,6,12H,1-2,5,7-10H2,(H,21,22)/t12-/m1/s1. The van der Waals surface area contributed by atoms with Crippen LogP contribution in [-0.2, 0) is 16.0 Å². The van der Waals surface area contributed by atoms with Crippen LogP contribution in [0, 0.1) is 11.6 Å². The van der Waals surface area contributed by atoms with Gasteiger partial charge in [0.05, 0.1) is 6.42 Å². The van der Waals surface area contributed by atoms with Crippen LogP contribution in [0.15, 0.2) is 18.2 Å². The smallest absolute Gasteiger partial charge is 0.303 e. The Morgan fingerprint density at radius 3 is 2.77 bits per heavy atom. The van der Waals surface area contributed by atoms with E-state index in [2.05, 4.69) is 0 Å². The van der Waals surface area contributed by atoms with E-state index in [0.717, 1.165) is 25.3 Å². The second-order valence-electron chi connectivity index (χ2n) is 5.56. The van der Waals surface area contributed by atoms with Gasteiger partial charge in [-0.25, -0.2) is 8.78 Å². The third kappa shape index (κ3) is 4.02. The molecule has 1 atom stereocenters. The second-order valence-corrected chi connectivity index (χ2v) is 5.56. The third-order valence-electron chi connectivity index (χ3n) is 4.01. The fourth-order valence-electron chi connectivity index (χ4n) is 2.87. The van der Waals surface area contributed by atoms with Crippen LogP contribution < -0.4 is 0 Å². The summed E-state index contributed by atoms with van der Waals surface area (Å²) >= 11 is 0. The summed E-state index contributed by atoms with van der Waals surface area (Å²) in [5.74, 6) is -3.13. The lowest BCUT2D eigenvalue weighted by atomic mass is 9.97. The van der Waals surface area contributed by atoms with Crippen LogP contribution in [0.25, 0.3) is 0 Å². The highest BCUT2D eigenvalue weighted by Gasteiger charge is 2.27. The monoisotopic (exact) mass is 311 g/mol. The lowest BCUT2D eigenvalue weighted by molar-refractivity contribution is -0.139. The first-order valence-electron chi connectivity index (χ1n) is 7.43. The van der Waals surface area contributed by atoms with E-state index in [-0.39, 0.29) is 30.4 Å². The molecule has 0 aliphatic carbocycles. The largest absolute Gasteiger partial charge is 0.481 e. The van der Waals surface area contributed by atoms with Crippen LogP contribution in [0.3, 0.4) is 0 Å². The number of benzene rings is 1. The molecular formula is C16H19F2NO3. The summed E-state index contributed by atoms with van der Waals surface area (Å²) in [6.07, 6.45) is 2.75. The van der Waals surface area contributed by atoms with E-state index in [4.69, 9.17) is 5.11 Å². The number of carbonyl (C=O) groups excluding carboxylic acids is 1. The molecule has 22 heavy (non-hydrogen) atoms. The number of piperidine rings is 1. The molecule has 0 unspecified atom stereocenters. The number of aliphatic carboxylic acids is 1. The van der Waals surface area contributed by atoms with Crippen molar-refractivity contribution < 1.29 is 23.5 Å². The van der Waals surface area contributed by atoms with Crippen LogP contribution in [0.4, 0.5) is 8.78 Å². The topological polar surface area (TPSA) is 57.6 Å². The Morgan fingerprint density at radius 2 is 2.05 bits per heavy atom. The Hall–Kier alpha value is -1.98. The molecule has 4 nitrogen and oxygen atoms in total. The molecule has 1 N–H and O–H groups in total. The quantitative estimate of drug-likeness (QED) is 0.909. The summed E-state index contributed by atoms with van der Waals surface area (Å²) in [6, 6.07) is 3.65. The SMILES string of the molecule is O=C(O)CC[C@H]1CCCCN1C(=O)Cc1cccc(F)c1F. The number of halogens is 2. The normalized spacial score (nSPS) is 18.3. The minimum atomic E-state index is -0.991. The summed E-state index contributed by atoms with van der Waals surface area (Å²) in [5.41, 5.74) is 0.0348. The number of amides is 1. The van der Waals surface area contributed by atoms with Gasteiger partial charge in [-0.2, -0.15) is 0 Å². The van der Waals surface area contributed by atoms with Crippen molar-refractivity contribution in [3.05, 3.63) is 35.4 Å². The molecule has 0 spiro atoms. The van der Waals surface area contributed by atoms with Crippen LogP contribution in [0.5, 0.6) is 0 Å². The van der Waals surface area contributed by atoms with Crippen LogP contribution >= 0.6 is 0 Å². The van der Waals surface area contributed by atoms with Gasteiger partial charge in [-0.3, -0.25) is 9.59 Å². The highest BCUT2D eigenvalue weighted by Crippen LogP contribution is 2.22. The molecule has 0 aromatic heterocycles. The zero-order valence-electron chi connectivity index (χ0n) is 12.2. The van der Waals surface area contributed by atoms with E-state index in [9.17, 15) is 18.4 Å². The first-order chi connectivity index (χ1) is 10.5. The highest BCUT2D eigenvalue weighted by molar-refractivity contribution is 5.79. The fourth-order valence-corrected chi connectivity index (χ4v) is 2.87. The summed E-state index contributed by atoms with van der Waals surface area (Å²) in [4.78, 5) is 24.7. The summed E-state index contributed by atoms with van der Waals surface area (Å²) in [5, 5.41) is 8.78. The molecule has 1 aromatic rings. The van der Waals surface area contributed by atoms with Gasteiger partial charge in [-0.05, 0) is 31.7 Å². The number of nitrogens with zero attached hydrogens (tertiary/aromatic N) is 1. The van der Waals surface area contributed by atoms with Gasteiger partial charge in [-0.15, -0.1) is 0 Å². The Balaban J connectivity index is 2.05. The number of hydrogen-bond acceptors (Lipinski definition) is 2. The molecule has 1 saturated heterocycles. The maximum absolute atomic E-state index is 13.7. The maximum atomic E-state index is 13.7. The molecule has 1 aliphatic rings. The number of likely N-dealkylation sites (tertiary alicyclic amines) is 1. The second kappa shape index (κ2) is 7.33. The molecule has 1 heterocycles. The predicted molar refractivity (Wildman–Crippen MR) is 76.3 cm³/mol. The van der Waals surface area contributed by atoms with Gasteiger partial charge in [0.2, 0.25) is 5.91 Å². The van der Waals surface area contributed by atoms with Crippen LogP contribution in [0.1, 0.15) is 37.7 Å². The van der Waals surface area contributed by atoms with Gasteiger partial charge in [-0.1, -0.05) is 12.1 Å². The van der Waals surface area contributed by atoms with E-state index >= 15 is 0 Å². The first kappa shape index (κ1) is 16.4. The van der Waals surface area contributed by atoms with Crippen molar-refractivity contribution >= 4 is 11.9 Å². The molecular weight excluding hydrogens is 292 g/mol. The first-order valence-corrected chi connectivity index (χ1v) is 7.43. The van der Waals surface area contributed by atoms with E-state index < -0.39 is 17.6 Å². The zero-order valence-corrected chi connectivity index (χ0v) is 12.2. The minimum absolute atomic E-state index is 0.00275. The number of carboxylic acid groups (broad SMARTS) is 1. The molecule has 1 amide bonds.